The quantitative estimate of drug-likeness (QED) is 0.397. The summed E-state index contributed by atoms with van der Waals surface area (Å²) in [4.78, 5) is 31.8. The van der Waals surface area contributed by atoms with Crippen molar-refractivity contribution in [3.63, 3.8) is 0 Å². The molecule has 2 heterocycles. The van der Waals surface area contributed by atoms with Crippen LogP contribution >= 0.6 is 27.3 Å². The van der Waals surface area contributed by atoms with Crippen LogP contribution in [0.25, 0.3) is 10.2 Å². The van der Waals surface area contributed by atoms with Gasteiger partial charge in [0.1, 0.15) is 5.75 Å². The van der Waals surface area contributed by atoms with E-state index in [0.717, 1.165) is 38.1 Å². The van der Waals surface area contributed by atoms with Crippen molar-refractivity contribution in [2.45, 2.75) is 39.5 Å². The van der Waals surface area contributed by atoms with E-state index in [-0.39, 0.29) is 17.1 Å². The Hall–Kier alpha value is -2.97. The number of anilines is 1. The first kappa shape index (κ1) is 23.8. The predicted octanol–water partition coefficient (Wildman–Crippen LogP) is 6.31. The van der Waals surface area contributed by atoms with Gasteiger partial charge in [0.2, 0.25) is 0 Å². The Labute approximate surface area is 216 Å². The zero-order chi connectivity index (χ0) is 24.9. The van der Waals surface area contributed by atoms with E-state index in [4.69, 9.17) is 4.74 Å². The largest absolute Gasteiger partial charge is 0.497 e. The van der Waals surface area contributed by atoms with Crippen LogP contribution in [-0.4, -0.2) is 23.8 Å². The van der Waals surface area contributed by atoms with Gasteiger partial charge >= 0.3 is 0 Å². The highest BCUT2D eigenvalue weighted by Crippen LogP contribution is 2.47. The number of dihydropyridines is 1. The maximum absolute atomic E-state index is 13.8. The monoisotopic (exact) mass is 551 g/mol. The van der Waals surface area contributed by atoms with E-state index in [1.165, 1.54) is 11.3 Å². The molecular weight excluding hydrogens is 526 g/mol. The number of halogens is 1. The number of hydrogen-bond acceptors (Lipinski definition) is 6. The number of ketones is 1. The second-order valence-corrected chi connectivity index (χ2v) is 11.7. The van der Waals surface area contributed by atoms with Crippen molar-refractivity contribution in [2.75, 3.05) is 12.4 Å². The number of thiazole rings is 1. The minimum Gasteiger partial charge on any atom is -0.497 e. The first-order valence-corrected chi connectivity index (χ1v) is 13.0. The Bertz CT molecular complexity index is 1440. The lowest BCUT2D eigenvalue weighted by Crippen LogP contribution is -2.39. The number of methoxy groups -OCH3 is 1. The molecule has 1 aliphatic carbocycles. The van der Waals surface area contributed by atoms with Gasteiger partial charge in [0.15, 0.2) is 10.9 Å². The summed E-state index contributed by atoms with van der Waals surface area (Å²) in [6.45, 7) is 6.10. The molecule has 2 aliphatic rings. The third kappa shape index (κ3) is 4.52. The van der Waals surface area contributed by atoms with Gasteiger partial charge in [-0.2, -0.15) is 0 Å². The number of amides is 1. The number of aromatic nitrogens is 1. The molecule has 3 aromatic rings. The van der Waals surface area contributed by atoms with Crippen molar-refractivity contribution in [1.82, 2.24) is 10.3 Å². The summed E-state index contributed by atoms with van der Waals surface area (Å²) in [6.07, 6.45) is 1.18. The number of nitrogens with zero attached hydrogens (tertiary/aromatic N) is 1. The number of carbonyl (C=O) groups is 2. The van der Waals surface area contributed by atoms with Gasteiger partial charge in [0.05, 0.1) is 17.3 Å². The van der Waals surface area contributed by atoms with E-state index >= 15 is 0 Å². The maximum Gasteiger partial charge on any atom is 0.256 e. The molecule has 0 radical (unpaired) electrons. The van der Waals surface area contributed by atoms with Gasteiger partial charge in [-0.25, -0.2) is 4.98 Å². The Morgan fingerprint density at radius 2 is 2.03 bits per heavy atom. The fourth-order valence-corrected chi connectivity index (χ4v) is 6.42. The van der Waals surface area contributed by atoms with Crippen LogP contribution in [0.4, 0.5) is 5.13 Å². The van der Waals surface area contributed by atoms with Gasteiger partial charge in [-0.15, -0.1) is 0 Å². The van der Waals surface area contributed by atoms with E-state index < -0.39 is 5.92 Å². The molecule has 5 rings (SSSR count). The predicted molar refractivity (Wildman–Crippen MR) is 143 cm³/mol. The molecule has 0 saturated carbocycles. The molecule has 1 atom stereocenters. The number of ether oxygens (including phenoxy) is 1. The molecule has 35 heavy (non-hydrogen) atoms. The van der Waals surface area contributed by atoms with E-state index in [1.54, 1.807) is 7.11 Å². The van der Waals surface area contributed by atoms with Crippen LogP contribution in [0.15, 0.2) is 69.5 Å². The molecule has 180 valence electrons. The SMILES string of the molecule is COc1cccc(C2C(C(=O)Nc3nc4ccc(Br)cc4s3)=C(C)NC3=C2C(=O)CC(C)(C)C3)c1. The highest BCUT2D eigenvalue weighted by Gasteiger charge is 2.42. The normalized spacial score (nSPS) is 19.5. The first-order valence-electron chi connectivity index (χ1n) is 11.4. The number of hydrogen-bond donors (Lipinski definition) is 2. The smallest absolute Gasteiger partial charge is 0.256 e. The Balaban J connectivity index is 1.58. The minimum absolute atomic E-state index is 0.0687. The molecule has 0 saturated heterocycles. The number of carbonyl (C=O) groups excluding carboxylic acids is 2. The summed E-state index contributed by atoms with van der Waals surface area (Å²) in [5, 5.41) is 6.92. The highest BCUT2D eigenvalue weighted by atomic mass is 79.9. The highest BCUT2D eigenvalue weighted by molar-refractivity contribution is 9.10. The third-order valence-electron chi connectivity index (χ3n) is 6.48. The summed E-state index contributed by atoms with van der Waals surface area (Å²) >= 11 is 4.90. The van der Waals surface area contributed by atoms with Gasteiger partial charge < -0.3 is 10.1 Å². The molecule has 1 aliphatic heterocycles. The van der Waals surface area contributed by atoms with Gasteiger partial charge in [0.25, 0.3) is 5.91 Å². The fourth-order valence-electron chi connectivity index (χ4n) is 5.01. The Morgan fingerprint density at radius 3 is 2.80 bits per heavy atom. The fraction of sp³-hybridized carbons (Fsp3) is 0.296. The lowest BCUT2D eigenvalue weighted by Gasteiger charge is -2.39. The zero-order valence-corrected chi connectivity index (χ0v) is 22.4. The summed E-state index contributed by atoms with van der Waals surface area (Å²) in [6, 6.07) is 13.4. The molecule has 6 nitrogen and oxygen atoms in total. The van der Waals surface area contributed by atoms with E-state index in [9.17, 15) is 9.59 Å². The molecule has 1 aromatic heterocycles. The number of allylic oxidation sites excluding steroid dienone is 3. The second-order valence-electron chi connectivity index (χ2n) is 9.79. The van der Waals surface area contributed by atoms with Gasteiger partial charge in [-0.05, 0) is 54.7 Å². The lowest BCUT2D eigenvalue weighted by molar-refractivity contribution is -0.118. The van der Waals surface area contributed by atoms with E-state index in [2.05, 4.69) is 45.4 Å². The van der Waals surface area contributed by atoms with Crippen LogP contribution in [0.1, 0.15) is 45.1 Å². The Kier molecular flexibility index (Phi) is 6.05. The van der Waals surface area contributed by atoms with Crippen LogP contribution < -0.4 is 15.4 Å². The number of Topliss-reactive ketones (excluding diaryl/α,β-unsaturated/α-hetero) is 1. The molecule has 1 amide bonds. The standard InChI is InChI=1S/C27H26BrN3O3S/c1-14-22(25(33)31-26-30-18-9-8-16(28)11-21(18)35-26)23(15-6-5-7-17(10-15)34-4)24-19(29-14)12-27(2,3)13-20(24)32/h5-11,23,29H,12-13H2,1-4H3,(H,30,31,33). The number of rotatable bonds is 4. The van der Waals surface area contributed by atoms with Crippen molar-refractivity contribution >= 4 is 54.3 Å². The van der Waals surface area contributed by atoms with Crippen molar-refractivity contribution in [3.8, 4) is 5.75 Å². The van der Waals surface area contributed by atoms with Crippen molar-refractivity contribution in [2.24, 2.45) is 5.41 Å². The molecule has 0 spiro atoms. The van der Waals surface area contributed by atoms with E-state index in [1.807, 2.05) is 49.4 Å². The Morgan fingerprint density at radius 1 is 1.23 bits per heavy atom. The zero-order valence-electron chi connectivity index (χ0n) is 20.0. The van der Waals surface area contributed by atoms with E-state index in [0.29, 0.717) is 28.4 Å². The summed E-state index contributed by atoms with van der Waals surface area (Å²) in [5.41, 5.74) is 4.36. The summed E-state index contributed by atoms with van der Waals surface area (Å²) < 4.78 is 7.39. The maximum atomic E-state index is 13.8. The van der Waals surface area contributed by atoms with Crippen LogP contribution in [0.5, 0.6) is 5.75 Å². The van der Waals surface area contributed by atoms with Crippen LogP contribution in [0, 0.1) is 5.41 Å². The molecule has 1 unspecified atom stereocenters. The second kappa shape index (κ2) is 8.91. The first-order chi connectivity index (χ1) is 16.6. The van der Waals surface area contributed by atoms with Crippen molar-refractivity contribution < 1.29 is 14.3 Å². The summed E-state index contributed by atoms with van der Waals surface area (Å²) in [7, 11) is 1.61. The minimum atomic E-state index is -0.492. The molecule has 2 N–H and O–H groups in total. The number of benzene rings is 2. The van der Waals surface area contributed by atoms with Crippen LogP contribution in [-0.2, 0) is 9.59 Å². The molecule has 8 heteroatoms. The molecule has 0 bridgehead atoms. The van der Waals surface area contributed by atoms with Crippen molar-refractivity contribution in [3.05, 3.63) is 75.0 Å². The number of fused-ring (bicyclic) bond motifs is 1. The molecular formula is C27H26BrN3O3S. The average Bonchev–Trinajstić information content (AvgIpc) is 3.18. The van der Waals surface area contributed by atoms with Crippen LogP contribution in [0.2, 0.25) is 0 Å². The summed E-state index contributed by atoms with van der Waals surface area (Å²) in [5.74, 6) is -0.0151. The van der Waals surface area contributed by atoms with Gasteiger partial charge in [-0.3, -0.25) is 14.9 Å². The lowest BCUT2D eigenvalue weighted by atomic mass is 9.68. The topological polar surface area (TPSA) is 80.3 Å². The van der Waals surface area contributed by atoms with Crippen LogP contribution in [0.3, 0.4) is 0 Å². The third-order valence-corrected chi connectivity index (χ3v) is 7.91. The number of nitrogens with one attached hydrogen (secondary N) is 2. The average molecular weight is 552 g/mol. The van der Waals surface area contributed by atoms with Crippen molar-refractivity contribution in [1.29, 1.82) is 0 Å². The molecule has 2 aromatic carbocycles. The van der Waals surface area contributed by atoms with Gasteiger partial charge in [0, 0.05) is 39.4 Å². The van der Waals surface area contributed by atoms with Gasteiger partial charge in [-0.1, -0.05) is 53.2 Å². The molecule has 0 fully saturated rings.